The second kappa shape index (κ2) is 8.68. The maximum Gasteiger partial charge on any atom is 0.387 e. The minimum Gasteiger partial charge on any atom is -0.477 e. The van der Waals surface area contributed by atoms with Gasteiger partial charge in [-0.15, -0.1) is 11.3 Å². The van der Waals surface area contributed by atoms with Gasteiger partial charge in [-0.25, -0.2) is 22.4 Å². The Morgan fingerprint density at radius 2 is 1.77 bits per heavy atom. The lowest BCUT2D eigenvalue weighted by Crippen LogP contribution is -2.18. The van der Waals surface area contributed by atoms with Crippen molar-refractivity contribution < 1.29 is 51.3 Å². The van der Waals surface area contributed by atoms with Crippen LogP contribution in [0, 0.1) is 23.3 Å². The van der Waals surface area contributed by atoms with E-state index in [2.05, 4.69) is 4.74 Å². The summed E-state index contributed by atoms with van der Waals surface area (Å²) in [6, 6.07) is -2.19. The molecule has 12 heteroatoms. The number of hydrogen-bond acceptors (Lipinski definition) is 4. The summed E-state index contributed by atoms with van der Waals surface area (Å²) in [5, 5.41) is 11.7. The standard InChI is InChI=1S/C19H9F6NO4S/c20-11-10(7-2-1-3-8(6-7)30-19(24)25)12(21)14(23)15(13(11)22)26-17(27)9-4-5-31-16(9)18(28)29/h1-6,19H,(H,26,27)(H,28,29)/i2D,3D,6D,19D. The van der Waals surface area contributed by atoms with E-state index in [9.17, 15) is 35.9 Å². The number of amides is 1. The number of thiophene rings is 1. The van der Waals surface area contributed by atoms with E-state index >= 15 is 0 Å². The Hall–Kier alpha value is -3.54. The van der Waals surface area contributed by atoms with Crippen molar-refractivity contribution in [2.45, 2.75) is 6.59 Å². The molecule has 0 unspecified atom stereocenters. The first-order chi connectivity index (χ1) is 16.2. The van der Waals surface area contributed by atoms with Crippen molar-refractivity contribution >= 4 is 28.9 Å². The monoisotopic (exact) mass is 465 g/mol. The van der Waals surface area contributed by atoms with Crippen LogP contribution in [0.25, 0.3) is 11.1 Å². The summed E-state index contributed by atoms with van der Waals surface area (Å²) in [6.45, 7) is -4.70. The fourth-order valence-electron chi connectivity index (χ4n) is 2.42. The molecule has 0 saturated carbocycles. The first-order valence-electron chi connectivity index (χ1n) is 9.81. The highest BCUT2D eigenvalue weighted by Crippen LogP contribution is 2.36. The Balaban J connectivity index is 2.18. The van der Waals surface area contributed by atoms with Crippen LogP contribution in [-0.4, -0.2) is 23.6 Å². The second-order valence-corrected chi connectivity index (χ2v) is 6.43. The molecule has 0 radical (unpaired) electrons. The number of nitrogens with one attached hydrogen (secondary N) is 1. The number of ether oxygens (including phenoxy) is 1. The molecule has 5 nitrogen and oxygen atoms in total. The van der Waals surface area contributed by atoms with Gasteiger partial charge in [-0.2, -0.15) is 8.78 Å². The van der Waals surface area contributed by atoms with Crippen molar-refractivity contribution in [3.63, 3.8) is 0 Å². The van der Waals surface area contributed by atoms with Crippen molar-refractivity contribution in [1.29, 1.82) is 0 Å². The Morgan fingerprint density at radius 3 is 2.35 bits per heavy atom. The zero-order chi connectivity index (χ0) is 26.4. The molecule has 2 N–H and O–H groups in total. The van der Waals surface area contributed by atoms with E-state index in [1.54, 1.807) is 0 Å². The van der Waals surface area contributed by atoms with Gasteiger partial charge in [0.25, 0.3) is 5.91 Å². The molecule has 0 atom stereocenters. The zero-order valence-electron chi connectivity index (χ0n) is 18.6. The van der Waals surface area contributed by atoms with E-state index in [0.717, 1.165) is 11.4 Å². The van der Waals surface area contributed by atoms with Crippen LogP contribution in [0.4, 0.5) is 32.0 Å². The van der Waals surface area contributed by atoms with E-state index in [1.165, 1.54) is 5.32 Å². The average molecular weight is 465 g/mol. The summed E-state index contributed by atoms with van der Waals surface area (Å²) in [7, 11) is 0. The van der Waals surface area contributed by atoms with Gasteiger partial charge in [0.2, 0.25) is 0 Å². The van der Waals surface area contributed by atoms with Crippen LogP contribution in [-0.2, 0) is 0 Å². The maximum atomic E-state index is 14.9. The summed E-state index contributed by atoms with van der Waals surface area (Å²) in [4.78, 5) is 22.9. The summed E-state index contributed by atoms with van der Waals surface area (Å²) in [6.07, 6.45) is 0. The molecule has 162 valence electrons. The number of alkyl halides is 2. The fraction of sp³-hybridized carbons (Fsp3) is 0.0526. The number of carbonyl (C=O) groups excluding carboxylic acids is 1. The van der Waals surface area contributed by atoms with Crippen LogP contribution >= 0.6 is 11.3 Å². The largest absolute Gasteiger partial charge is 0.477 e. The summed E-state index contributed by atoms with van der Waals surface area (Å²) in [5.41, 5.74) is -5.22. The Morgan fingerprint density at radius 1 is 1.13 bits per heavy atom. The fourth-order valence-corrected chi connectivity index (χ4v) is 3.15. The van der Waals surface area contributed by atoms with Crippen LogP contribution in [0.2, 0.25) is 0 Å². The van der Waals surface area contributed by atoms with E-state index in [0.29, 0.717) is 17.4 Å². The highest BCUT2D eigenvalue weighted by Gasteiger charge is 2.29. The van der Waals surface area contributed by atoms with Crippen LogP contribution in [0.15, 0.2) is 35.6 Å². The number of carboxylic acids is 1. The lowest BCUT2D eigenvalue weighted by molar-refractivity contribution is -0.0498. The molecule has 1 aromatic heterocycles. The van der Waals surface area contributed by atoms with E-state index < -0.39 is 92.9 Å². The molecule has 0 spiro atoms. The van der Waals surface area contributed by atoms with Crippen LogP contribution < -0.4 is 10.1 Å². The first-order valence-corrected chi connectivity index (χ1v) is 8.69. The van der Waals surface area contributed by atoms with Crippen LogP contribution in [0.3, 0.4) is 0 Å². The summed E-state index contributed by atoms with van der Waals surface area (Å²) < 4.78 is 118. The minimum absolute atomic E-state index is 0.392. The Kier molecular flexibility index (Phi) is 4.81. The maximum absolute atomic E-state index is 14.9. The highest BCUT2D eigenvalue weighted by atomic mass is 32.1. The smallest absolute Gasteiger partial charge is 0.387 e. The number of anilines is 1. The van der Waals surface area contributed by atoms with Gasteiger partial charge in [0.15, 0.2) is 24.6 Å². The predicted molar refractivity (Wildman–Crippen MR) is 97.6 cm³/mol. The van der Waals surface area contributed by atoms with E-state index in [1.807, 2.05) is 0 Å². The number of hydrogen-bond donors (Lipinski definition) is 2. The Labute approximate surface area is 179 Å². The van der Waals surface area contributed by atoms with Gasteiger partial charge in [0.05, 0.1) is 15.2 Å². The molecule has 0 fully saturated rings. The predicted octanol–water partition coefficient (Wildman–Crippen LogP) is 5.52. The number of carboxylic acid groups (broad SMARTS) is 1. The molecule has 0 bridgehead atoms. The molecule has 3 aromatic rings. The third-order valence-electron chi connectivity index (χ3n) is 3.69. The highest BCUT2D eigenvalue weighted by molar-refractivity contribution is 7.12. The van der Waals surface area contributed by atoms with Crippen molar-refractivity contribution in [3.05, 3.63) is 69.3 Å². The average Bonchev–Trinajstić information content (AvgIpc) is 3.25. The van der Waals surface area contributed by atoms with Crippen molar-refractivity contribution in [3.8, 4) is 16.9 Å². The van der Waals surface area contributed by atoms with Gasteiger partial charge in [0, 0.05) is 0 Å². The third kappa shape index (κ3) is 4.33. The molecule has 0 aliphatic carbocycles. The number of carbonyl (C=O) groups is 2. The first kappa shape index (κ1) is 17.2. The molecule has 0 aliphatic rings. The van der Waals surface area contributed by atoms with E-state index in [-0.39, 0.29) is 0 Å². The number of halogens is 6. The van der Waals surface area contributed by atoms with Gasteiger partial charge in [-0.3, -0.25) is 4.79 Å². The second-order valence-electron chi connectivity index (χ2n) is 5.52. The van der Waals surface area contributed by atoms with Crippen LogP contribution in [0.1, 0.15) is 25.5 Å². The molecule has 3 rings (SSSR count). The summed E-state index contributed by atoms with van der Waals surface area (Å²) >= 11 is 0.589. The quantitative estimate of drug-likeness (QED) is 0.371. The zero-order valence-corrected chi connectivity index (χ0v) is 15.4. The number of rotatable bonds is 6. The van der Waals surface area contributed by atoms with Gasteiger partial charge in [-0.1, -0.05) is 12.1 Å². The van der Waals surface area contributed by atoms with Gasteiger partial charge >= 0.3 is 12.6 Å². The Bertz CT molecular complexity index is 1350. The van der Waals surface area contributed by atoms with Crippen molar-refractivity contribution in [1.82, 2.24) is 0 Å². The normalized spacial score (nSPS) is 13.1. The SMILES string of the molecule is [2H]c1cc([2H])c(-c2c(F)c(F)c(NC(=O)c3ccsc3C(=O)O)c(F)c2F)c([2H])c1OC([2H])(F)F. The molecule has 0 saturated heterocycles. The molecule has 2 aromatic carbocycles. The molecule has 1 heterocycles. The minimum atomic E-state index is -4.70. The topological polar surface area (TPSA) is 75.6 Å². The van der Waals surface area contributed by atoms with Gasteiger partial charge in [-0.05, 0) is 29.1 Å². The lowest BCUT2D eigenvalue weighted by Gasteiger charge is -2.14. The van der Waals surface area contributed by atoms with Gasteiger partial charge < -0.3 is 15.2 Å². The number of aromatic carboxylic acids is 1. The van der Waals surface area contributed by atoms with Crippen molar-refractivity contribution in [2.75, 3.05) is 5.32 Å². The lowest BCUT2D eigenvalue weighted by atomic mass is 10.0. The molecular formula is C19H9F6NO4S. The van der Waals surface area contributed by atoms with Crippen molar-refractivity contribution in [2.24, 2.45) is 0 Å². The van der Waals surface area contributed by atoms with Gasteiger partial charge in [0.1, 0.15) is 16.3 Å². The molecule has 1 amide bonds. The summed E-state index contributed by atoms with van der Waals surface area (Å²) in [5.74, 6) is -13.3. The van der Waals surface area contributed by atoms with E-state index in [4.69, 9.17) is 10.6 Å². The third-order valence-corrected chi connectivity index (χ3v) is 4.60. The number of benzene rings is 2. The molecule has 0 aliphatic heterocycles. The van der Waals surface area contributed by atoms with Crippen LogP contribution in [0.5, 0.6) is 5.75 Å². The molecule has 31 heavy (non-hydrogen) atoms. The molecular weight excluding hydrogens is 452 g/mol.